The standard InChI is InChI=1S/C18H20N2O4/c21-17-7-6-14(11-19-17)18(22)20-10-13-3-1-4-15(9-13)24-12-16-5-2-8-23-16/h1,3-4,6-7,9,11,16H,2,5,8,10,12H2,(H,19,21)(H,20,22). The third-order valence-electron chi connectivity index (χ3n) is 3.86. The molecule has 126 valence electrons. The second-order valence-corrected chi connectivity index (χ2v) is 5.72. The van der Waals surface area contributed by atoms with Gasteiger partial charge in [-0.1, -0.05) is 12.1 Å². The SMILES string of the molecule is O=C(NCc1cccc(OCC2CCCO2)c1)c1ccc(=O)[nH]c1. The van der Waals surface area contributed by atoms with Crippen LogP contribution < -0.4 is 15.6 Å². The first-order valence-electron chi connectivity index (χ1n) is 8.01. The third-order valence-corrected chi connectivity index (χ3v) is 3.86. The molecule has 1 fully saturated rings. The van der Waals surface area contributed by atoms with Gasteiger partial charge in [0.05, 0.1) is 11.7 Å². The van der Waals surface area contributed by atoms with Crippen molar-refractivity contribution in [3.05, 3.63) is 64.1 Å². The van der Waals surface area contributed by atoms with Crippen LogP contribution in [-0.4, -0.2) is 30.2 Å². The van der Waals surface area contributed by atoms with Crippen LogP contribution in [0.4, 0.5) is 0 Å². The second kappa shape index (κ2) is 7.79. The summed E-state index contributed by atoms with van der Waals surface area (Å²) in [6.45, 7) is 1.74. The zero-order chi connectivity index (χ0) is 16.8. The van der Waals surface area contributed by atoms with Gasteiger partial charge in [-0.2, -0.15) is 0 Å². The van der Waals surface area contributed by atoms with Crippen molar-refractivity contribution >= 4 is 5.91 Å². The summed E-state index contributed by atoms with van der Waals surface area (Å²) in [6, 6.07) is 10.4. The van der Waals surface area contributed by atoms with Gasteiger partial charge in [-0.05, 0) is 36.6 Å². The van der Waals surface area contributed by atoms with E-state index in [1.54, 1.807) is 0 Å². The Labute approximate surface area is 139 Å². The van der Waals surface area contributed by atoms with Crippen molar-refractivity contribution in [2.24, 2.45) is 0 Å². The summed E-state index contributed by atoms with van der Waals surface area (Å²) >= 11 is 0. The van der Waals surface area contributed by atoms with Crippen molar-refractivity contribution < 1.29 is 14.3 Å². The number of benzene rings is 1. The summed E-state index contributed by atoms with van der Waals surface area (Å²) in [5.74, 6) is 0.526. The van der Waals surface area contributed by atoms with Crippen molar-refractivity contribution in [3.63, 3.8) is 0 Å². The van der Waals surface area contributed by atoms with Crippen molar-refractivity contribution in [1.82, 2.24) is 10.3 Å². The Morgan fingerprint density at radius 1 is 1.33 bits per heavy atom. The molecule has 1 aliphatic rings. The molecule has 1 unspecified atom stereocenters. The molecule has 2 N–H and O–H groups in total. The minimum atomic E-state index is -0.239. The lowest BCUT2D eigenvalue weighted by Gasteiger charge is -2.12. The Hall–Kier alpha value is -2.60. The normalized spacial score (nSPS) is 16.8. The van der Waals surface area contributed by atoms with Crippen LogP contribution in [0.5, 0.6) is 5.75 Å². The highest BCUT2D eigenvalue weighted by Gasteiger charge is 2.16. The van der Waals surface area contributed by atoms with Gasteiger partial charge < -0.3 is 19.8 Å². The lowest BCUT2D eigenvalue weighted by Crippen LogP contribution is -2.23. The average Bonchev–Trinajstić information content (AvgIpc) is 3.12. The molecule has 1 aliphatic heterocycles. The first kappa shape index (κ1) is 16.3. The van der Waals surface area contributed by atoms with E-state index in [0.29, 0.717) is 18.7 Å². The summed E-state index contributed by atoms with van der Waals surface area (Å²) in [5, 5.41) is 2.82. The molecule has 0 aliphatic carbocycles. The van der Waals surface area contributed by atoms with E-state index in [4.69, 9.17) is 9.47 Å². The molecule has 6 nitrogen and oxygen atoms in total. The van der Waals surface area contributed by atoms with Gasteiger partial charge in [-0.15, -0.1) is 0 Å². The number of nitrogens with one attached hydrogen (secondary N) is 2. The predicted octanol–water partition coefficient (Wildman–Crippen LogP) is 1.86. The van der Waals surface area contributed by atoms with Crippen LogP contribution in [0.2, 0.25) is 0 Å². The number of carbonyl (C=O) groups is 1. The third kappa shape index (κ3) is 4.45. The van der Waals surface area contributed by atoms with Crippen molar-refractivity contribution in [2.45, 2.75) is 25.5 Å². The number of hydrogen-bond donors (Lipinski definition) is 2. The van der Waals surface area contributed by atoms with Gasteiger partial charge in [0.15, 0.2) is 0 Å². The first-order chi connectivity index (χ1) is 11.7. The topological polar surface area (TPSA) is 80.4 Å². The van der Waals surface area contributed by atoms with Crippen LogP contribution in [0, 0.1) is 0 Å². The lowest BCUT2D eigenvalue weighted by molar-refractivity contribution is 0.0679. The van der Waals surface area contributed by atoms with Gasteiger partial charge in [-0.3, -0.25) is 9.59 Å². The summed E-state index contributed by atoms with van der Waals surface area (Å²) in [4.78, 5) is 25.5. The molecule has 2 aromatic rings. The van der Waals surface area contributed by atoms with Crippen molar-refractivity contribution in [1.29, 1.82) is 0 Å². The molecule has 24 heavy (non-hydrogen) atoms. The van der Waals surface area contributed by atoms with Gasteiger partial charge in [0.1, 0.15) is 12.4 Å². The van der Waals surface area contributed by atoms with E-state index in [1.165, 1.54) is 18.3 Å². The van der Waals surface area contributed by atoms with E-state index in [9.17, 15) is 9.59 Å². The van der Waals surface area contributed by atoms with Crippen LogP contribution >= 0.6 is 0 Å². The van der Waals surface area contributed by atoms with Gasteiger partial charge in [0, 0.05) is 25.4 Å². The smallest absolute Gasteiger partial charge is 0.253 e. The molecule has 1 amide bonds. The van der Waals surface area contributed by atoms with Gasteiger partial charge in [0.2, 0.25) is 5.56 Å². The molecule has 6 heteroatoms. The Morgan fingerprint density at radius 3 is 3.00 bits per heavy atom. The monoisotopic (exact) mass is 328 g/mol. The molecule has 0 spiro atoms. The fourth-order valence-corrected chi connectivity index (χ4v) is 2.55. The Kier molecular flexibility index (Phi) is 5.28. The molecule has 2 heterocycles. The quantitative estimate of drug-likeness (QED) is 0.848. The summed E-state index contributed by atoms with van der Waals surface area (Å²) in [6.07, 6.45) is 3.70. The number of aromatic nitrogens is 1. The van der Waals surface area contributed by atoms with Gasteiger partial charge in [-0.25, -0.2) is 0 Å². The highest BCUT2D eigenvalue weighted by Crippen LogP contribution is 2.17. The van der Waals surface area contributed by atoms with E-state index < -0.39 is 0 Å². The van der Waals surface area contributed by atoms with E-state index >= 15 is 0 Å². The molecule has 1 aromatic carbocycles. The molecular formula is C18H20N2O4. The zero-order valence-corrected chi connectivity index (χ0v) is 13.3. The van der Waals surface area contributed by atoms with Crippen LogP contribution in [-0.2, 0) is 11.3 Å². The summed E-state index contributed by atoms with van der Waals surface area (Å²) in [7, 11) is 0. The predicted molar refractivity (Wildman–Crippen MR) is 89.1 cm³/mol. The number of amides is 1. The maximum Gasteiger partial charge on any atom is 0.253 e. The summed E-state index contributed by atoms with van der Waals surface area (Å²) in [5.41, 5.74) is 1.13. The van der Waals surface area contributed by atoms with Gasteiger partial charge in [0.25, 0.3) is 5.91 Å². The average molecular weight is 328 g/mol. The number of hydrogen-bond acceptors (Lipinski definition) is 4. The number of pyridine rings is 1. The molecule has 1 aromatic heterocycles. The molecular weight excluding hydrogens is 308 g/mol. The van der Waals surface area contributed by atoms with Crippen LogP contribution in [0.25, 0.3) is 0 Å². The molecule has 0 bridgehead atoms. The Balaban J connectivity index is 1.53. The molecule has 1 saturated heterocycles. The van der Waals surface area contributed by atoms with E-state index in [2.05, 4.69) is 10.3 Å². The molecule has 0 radical (unpaired) electrons. The maximum atomic E-state index is 12.0. The van der Waals surface area contributed by atoms with E-state index in [0.717, 1.165) is 30.8 Å². The largest absolute Gasteiger partial charge is 0.491 e. The fraction of sp³-hybridized carbons (Fsp3) is 0.333. The molecule has 3 rings (SSSR count). The van der Waals surface area contributed by atoms with Crippen LogP contribution in [0.3, 0.4) is 0 Å². The highest BCUT2D eigenvalue weighted by atomic mass is 16.5. The fourth-order valence-electron chi connectivity index (χ4n) is 2.55. The number of carbonyl (C=O) groups excluding carboxylic acids is 1. The number of H-pyrrole nitrogens is 1. The number of aromatic amines is 1. The lowest BCUT2D eigenvalue weighted by atomic mass is 10.2. The Morgan fingerprint density at radius 2 is 2.25 bits per heavy atom. The van der Waals surface area contributed by atoms with Crippen LogP contribution in [0.1, 0.15) is 28.8 Å². The molecule has 1 atom stereocenters. The minimum Gasteiger partial charge on any atom is -0.491 e. The zero-order valence-electron chi connectivity index (χ0n) is 13.3. The Bertz CT molecular complexity index is 730. The number of ether oxygens (including phenoxy) is 2. The van der Waals surface area contributed by atoms with E-state index in [1.807, 2.05) is 24.3 Å². The second-order valence-electron chi connectivity index (χ2n) is 5.72. The van der Waals surface area contributed by atoms with Crippen LogP contribution in [0.15, 0.2) is 47.4 Å². The van der Waals surface area contributed by atoms with E-state index in [-0.39, 0.29) is 17.6 Å². The van der Waals surface area contributed by atoms with Crippen molar-refractivity contribution in [3.8, 4) is 5.75 Å². The minimum absolute atomic E-state index is 0.175. The van der Waals surface area contributed by atoms with Crippen molar-refractivity contribution in [2.75, 3.05) is 13.2 Å². The summed E-state index contributed by atoms with van der Waals surface area (Å²) < 4.78 is 11.3. The maximum absolute atomic E-state index is 12.0. The van der Waals surface area contributed by atoms with Gasteiger partial charge >= 0.3 is 0 Å². The first-order valence-corrected chi connectivity index (χ1v) is 8.01. The highest BCUT2D eigenvalue weighted by molar-refractivity contribution is 5.93. The molecule has 0 saturated carbocycles. The number of rotatable bonds is 6.